The molecule has 6 aromatic rings. The lowest BCUT2D eigenvalue weighted by Gasteiger charge is -2.26. The van der Waals surface area contributed by atoms with Gasteiger partial charge in [0.25, 0.3) is 5.56 Å². The van der Waals surface area contributed by atoms with Gasteiger partial charge >= 0.3 is 0 Å². The first-order chi connectivity index (χ1) is 24.4. The third-order valence-corrected chi connectivity index (χ3v) is 8.99. The maximum atomic E-state index is 14.5. The summed E-state index contributed by atoms with van der Waals surface area (Å²) >= 11 is 6.58. The molecule has 4 heterocycles. The zero-order valence-corrected chi connectivity index (χ0v) is 27.8. The van der Waals surface area contributed by atoms with Crippen LogP contribution in [-0.2, 0) is 22.6 Å². The van der Waals surface area contributed by atoms with Gasteiger partial charge in [0.15, 0.2) is 5.65 Å². The van der Waals surface area contributed by atoms with E-state index in [-0.39, 0.29) is 36.1 Å². The van der Waals surface area contributed by atoms with Gasteiger partial charge in [0.2, 0.25) is 5.91 Å². The van der Waals surface area contributed by atoms with E-state index in [1.54, 1.807) is 51.7 Å². The number of carbonyl (C=O) groups is 1. The number of hydrogen-bond acceptors (Lipinski definition) is 9. The number of fused-ring (bicyclic) bond motifs is 2. The molecule has 252 valence electrons. The van der Waals surface area contributed by atoms with Gasteiger partial charge in [-0.3, -0.25) is 14.2 Å². The molecule has 0 radical (unpaired) electrons. The van der Waals surface area contributed by atoms with Crippen LogP contribution in [0.5, 0.6) is 5.75 Å². The highest BCUT2D eigenvalue weighted by Crippen LogP contribution is 2.31. The van der Waals surface area contributed by atoms with Gasteiger partial charge in [0.1, 0.15) is 36.0 Å². The van der Waals surface area contributed by atoms with Crippen molar-refractivity contribution in [2.45, 2.75) is 32.4 Å². The van der Waals surface area contributed by atoms with Crippen molar-refractivity contribution in [3.05, 3.63) is 105 Å². The van der Waals surface area contributed by atoms with Crippen molar-refractivity contribution in [2.24, 2.45) is 0 Å². The predicted octanol–water partition coefficient (Wildman–Crippen LogP) is 4.62. The van der Waals surface area contributed by atoms with Crippen LogP contribution in [0.4, 0.5) is 5.82 Å². The maximum absolute atomic E-state index is 14.5. The molecule has 1 fully saturated rings. The zero-order valence-electron chi connectivity index (χ0n) is 27.0. The summed E-state index contributed by atoms with van der Waals surface area (Å²) in [5.74, 6) is 7.23. The van der Waals surface area contributed by atoms with E-state index >= 15 is 0 Å². The largest absolute Gasteiger partial charge is 0.508 e. The fourth-order valence-electron chi connectivity index (χ4n) is 6.05. The smallest absolute Gasteiger partial charge is 0.263 e. The van der Waals surface area contributed by atoms with Crippen LogP contribution in [0.2, 0.25) is 5.02 Å². The number of aromatic hydroxyl groups is 1. The number of morpholine rings is 1. The van der Waals surface area contributed by atoms with Crippen LogP contribution in [0.25, 0.3) is 33.2 Å². The highest BCUT2D eigenvalue weighted by atomic mass is 35.5. The Kier molecular flexibility index (Phi) is 9.42. The van der Waals surface area contributed by atoms with Crippen LogP contribution in [0.3, 0.4) is 0 Å². The number of unbranched alkanes of at least 4 members (excludes halogenated alkanes) is 1. The maximum Gasteiger partial charge on any atom is 0.263 e. The third-order valence-electron chi connectivity index (χ3n) is 8.62. The van der Waals surface area contributed by atoms with E-state index in [0.29, 0.717) is 95.2 Å². The predicted molar refractivity (Wildman–Crippen MR) is 191 cm³/mol. The van der Waals surface area contributed by atoms with Crippen molar-refractivity contribution in [3.63, 3.8) is 0 Å². The number of nitrogens with zero attached hydrogens (tertiary/aromatic N) is 7. The molecule has 12 nitrogen and oxygen atoms in total. The normalized spacial score (nSPS) is 13.0. The van der Waals surface area contributed by atoms with E-state index in [4.69, 9.17) is 32.2 Å². The van der Waals surface area contributed by atoms with Crippen molar-refractivity contribution in [1.82, 2.24) is 34.2 Å². The molecule has 0 bridgehead atoms. The lowest BCUT2D eigenvalue weighted by atomic mass is 10.1. The highest BCUT2D eigenvalue weighted by Gasteiger charge is 2.21. The molecular formula is C37H33ClN8O4. The minimum Gasteiger partial charge on any atom is -0.508 e. The Morgan fingerprint density at radius 2 is 1.78 bits per heavy atom. The standard InChI is InChI=1S/C37H33ClN8O4/c38-28-10-5-4-8-26(28)21-45-30(22-46-36-33(35(39)40-23-41-36)34(43-46)25-13-15-27(47)16-14-25)42-29-11-6-9-24(32(29)37(45)49)7-2-1-3-12-31(48)44-17-19-50-20-18-44/h4-6,8-11,13-16,23,47H,1,3,12,17-22H2,(H2,39,40,41). The van der Waals surface area contributed by atoms with Gasteiger partial charge < -0.3 is 20.5 Å². The summed E-state index contributed by atoms with van der Waals surface area (Å²) in [6.45, 7) is 2.61. The van der Waals surface area contributed by atoms with Crippen LogP contribution in [-0.4, -0.2) is 71.5 Å². The van der Waals surface area contributed by atoms with E-state index in [1.807, 2.05) is 29.2 Å². The number of nitrogens with two attached hydrogens (primary N) is 1. The molecule has 0 saturated carbocycles. The summed E-state index contributed by atoms with van der Waals surface area (Å²) in [6, 6.07) is 19.4. The van der Waals surface area contributed by atoms with Gasteiger partial charge in [-0.2, -0.15) is 5.10 Å². The lowest BCUT2D eigenvalue weighted by Crippen LogP contribution is -2.40. The molecule has 0 atom stereocenters. The Hall–Kier alpha value is -5.77. The Labute approximate surface area is 292 Å². The monoisotopic (exact) mass is 688 g/mol. The molecular weight excluding hydrogens is 656 g/mol. The van der Waals surface area contributed by atoms with Crippen molar-refractivity contribution in [1.29, 1.82) is 0 Å². The first-order valence-corrected chi connectivity index (χ1v) is 16.6. The van der Waals surface area contributed by atoms with E-state index < -0.39 is 0 Å². The van der Waals surface area contributed by atoms with Crippen LogP contribution < -0.4 is 11.3 Å². The summed E-state index contributed by atoms with van der Waals surface area (Å²) in [4.78, 5) is 42.5. The molecule has 3 aromatic heterocycles. The SMILES string of the molecule is Nc1ncnc2c1c(-c1ccc(O)cc1)nn2Cc1nc2cccc(C#CCCCC(=O)N3CCOCC3)c2c(=O)n1Cc1ccccc1Cl. The number of carbonyl (C=O) groups excluding carboxylic acids is 1. The van der Waals surface area contributed by atoms with E-state index in [2.05, 4.69) is 21.8 Å². The molecule has 50 heavy (non-hydrogen) atoms. The number of nitrogen functional groups attached to an aromatic ring is 1. The third kappa shape index (κ3) is 6.74. The molecule has 0 unspecified atom stereocenters. The molecule has 1 aliphatic rings. The van der Waals surface area contributed by atoms with Gasteiger partial charge in [0.05, 0.1) is 36.0 Å². The summed E-state index contributed by atoms with van der Waals surface area (Å²) in [6.07, 6.45) is 2.90. The number of ether oxygens (including phenoxy) is 1. The Bertz CT molecular complexity index is 2340. The van der Waals surface area contributed by atoms with Gasteiger partial charge in [-0.1, -0.05) is 47.7 Å². The second kappa shape index (κ2) is 14.4. The van der Waals surface area contributed by atoms with E-state index in [0.717, 1.165) is 5.56 Å². The minimum absolute atomic E-state index is 0.0771. The number of benzene rings is 3. The average Bonchev–Trinajstić information content (AvgIpc) is 3.50. The van der Waals surface area contributed by atoms with E-state index in [9.17, 15) is 14.7 Å². The van der Waals surface area contributed by atoms with Crippen LogP contribution >= 0.6 is 11.6 Å². The van der Waals surface area contributed by atoms with Crippen LogP contribution in [0.1, 0.15) is 36.2 Å². The molecule has 1 aliphatic heterocycles. The number of aromatic nitrogens is 6. The molecule has 13 heteroatoms. The summed E-state index contributed by atoms with van der Waals surface area (Å²) in [5.41, 5.74) is 9.54. The highest BCUT2D eigenvalue weighted by molar-refractivity contribution is 6.31. The van der Waals surface area contributed by atoms with Crippen molar-refractivity contribution >= 4 is 45.3 Å². The topological polar surface area (TPSA) is 154 Å². The fourth-order valence-corrected chi connectivity index (χ4v) is 6.24. The summed E-state index contributed by atoms with van der Waals surface area (Å²) < 4.78 is 8.58. The van der Waals surface area contributed by atoms with Crippen molar-refractivity contribution in [3.8, 4) is 28.8 Å². The number of amides is 1. The molecule has 3 N–H and O–H groups in total. The Morgan fingerprint density at radius 3 is 2.58 bits per heavy atom. The number of halogens is 1. The van der Waals surface area contributed by atoms with Crippen molar-refractivity contribution < 1.29 is 14.6 Å². The van der Waals surface area contributed by atoms with Crippen LogP contribution in [0.15, 0.2) is 77.9 Å². The molecule has 7 rings (SSSR count). The number of phenolic OH excluding ortho intramolecular Hbond substituents is 1. The Morgan fingerprint density at radius 1 is 0.980 bits per heavy atom. The molecule has 0 spiro atoms. The summed E-state index contributed by atoms with van der Waals surface area (Å²) in [5, 5.41) is 16.2. The number of phenols is 1. The number of rotatable bonds is 8. The van der Waals surface area contributed by atoms with Crippen molar-refractivity contribution in [2.75, 3.05) is 32.0 Å². The number of hydrogen-bond donors (Lipinski definition) is 2. The van der Waals surface area contributed by atoms with E-state index in [1.165, 1.54) is 6.33 Å². The zero-order chi connectivity index (χ0) is 34.6. The first-order valence-electron chi connectivity index (χ1n) is 16.2. The number of anilines is 1. The van der Waals surface area contributed by atoms with Gasteiger partial charge in [-0.15, -0.1) is 0 Å². The molecule has 1 saturated heterocycles. The second-order valence-corrected chi connectivity index (χ2v) is 12.3. The Balaban J connectivity index is 1.26. The lowest BCUT2D eigenvalue weighted by molar-refractivity contribution is -0.135. The minimum atomic E-state index is -0.276. The quantitative estimate of drug-likeness (QED) is 0.172. The first kappa shape index (κ1) is 32.8. The molecule has 0 aliphatic carbocycles. The molecule has 3 aromatic carbocycles. The second-order valence-electron chi connectivity index (χ2n) is 11.9. The summed E-state index contributed by atoms with van der Waals surface area (Å²) in [7, 11) is 0. The van der Waals surface area contributed by atoms with Gasteiger partial charge in [0, 0.05) is 42.1 Å². The average molecular weight is 689 g/mol. The molecule has 1 amide bonds. The van der Waals surface area contributed by atoms with Gasteiger partial charge in [-0.05, 0) is 54.4 Å². The van der Waals surface area contributed by atoms with Gasteiger partial charge in [-0.25, -0.2) is 19.6 Å². The fraction of sp³-hybridized carbons (Fsp3) is 0.243. The van der Waals surface area contributed by atoms with Crippen LogP contribution in [0, 0.1) is 11.8 Å².